The molecule has 202 valence electrons. The van der Waals surface area contributed by atoms with E-state index in [1.165, 1.54) is 31.2 Å². The first kappa shape index (κ1) is 26.3. The quantitative estimate of drug-likeness (QED) is 0.333. The van der Waals surface area contributed by atoms with Gasteiger partial charge in [-0.2, -0.15) is 0 Å². The highest BCUT2D eigenvalue weighted by Crippen LogP contribution is 2.37. The van der Waals surface area contributed by atoms with Gasteiger partial charge in [-0.05, 0) is 36.8 Å². The predicted octanol–water partition coefficient (Wildman–Crippen LogP) is 3.39. The molecule has 12 heteroatoms. The van der Waals surface area contributed by atoms with Crippen molar-refractivity contribution in [1.29, 1.82) is 0 Å². The molecule has 0 aliphatic carbocycles. The number of anilines is 2. The van der Waals surface area contributed by atoms with Gasteiger partial charge in [0, 0.05) is 11.6 Å². The van der Waals surface area contributed by atoms with E-state index in [0.717, 1.165) is 5.01 Å². The lowest BCUT2D eigenvalue weighted by Gasteiger charge is -2.34. The first-order chi connectivity index (χ1) is 18.7. The SMILES string of the molecule is CC1=C(C(=O)Nc2ccccc2NS(=O)(=O)c2ccccc2)C(=O)N2NC(C(F)F)C(c3ccccc3)C2N1. The number of carbonyl (C=O) groups is 2. The number of halogens is 2. The van der Waals surface area contributed by atoms with Crippen LogP contribution in [-0.4, -0.2) is 43.9 Å². The molecule has 2 heterocycles. The Morgan fingerprint density at radius 1 is 0.923 bits per heavy atom. The van der Waals surface area contributed by atoms with Crippen LogP contribution in [0.4, 0.5) is 20.2 Å². The van der Waals surface area contributed by atoms with Crippen LogP contribution in [0.1, 0.15) is 18.4 Å². The summed E-state index contributed by atoms with van der Waals surface area (Å²) in [5.74, 6) is -2.38. The standard InChI is InChI=1S/C27H25F2N5O4S/c1-16-21(27(36)34-25(30-16)22(23(32-34)24(28)29)17-10-4-2-5-11-17)26(35)31-19-14-8-9-15-20(19)33-39(37,38)18-12-6-3-7-13-18/h2-15,22-25,30,32-33H,1H3,(H,31,35). The maximum atomic E-state index is 14.0. The molecule has 0 aromatic heterocycles. The van der Waals surface area contributed by atoms with Crippen molar-refractivity contribution in [2.24, 2.45) is 0 Å². The summed E-state index contributed by atoms with van der Waals surface area (Å²) >= 11 is 0. The van der Waals surface area contributed by atoms with E-state index in [4.69, 9.17) is 0 Å². The summed E-state index contributed by atoms with van der Waals surface area (Å²) in [5.41, 5.74) is 3.31. The number of para-hydroxylation sites is 2. The van der Waals surface area contributed by atoms with Gasteiger partial charge in [-0.1, -0.05) is 60.7 Å². The molecule has 0 bridgehead atoms. The minimum atomic E-state index is -3.96. The Kier molecular flexibility index (Phi) is 7.06. The van der Waals surface area contributed by atoms with Crippen molar-refractivity contribution >= 4 is 33.2 Å². The highest BCUT2D eigenvalue weighted by Gasteiger charge is 2.52. The van der Waals surface area contributed by atoms with E-state index in [9.17, 15) is 26.8 Å². The summed E-state index contributed by atoms with van der Waals surface area (Å²) in [6.07, 6.45) is -3.63. The largest absolute Gasteiger partial charge is 0.366 e. The van der Waals surface area contributed by atoms with Crippen LogP contribution in [0.3, 0.4) is 0 Å². The van der Waals surface area contributed by atoms with Crippen molar-refractivity contribution in [3.63, 3.8) is 0 Å². The number of alkyl halides is 2. The number of sulfonamides is 1. The van der Waals surface area contributed by atoms with Gasteiger partial charge in [-0.15, -0.1) is 0 Å². The van der Waals surface area contributed by atoms with Crippen LogP contribution in [0.15, 0.2) is 101 Å². The molecule has 3 aromatic carbocycles. The number of carbonyl (C=O) groups excluding carboxylic acids is 2. The maximum absolute atomic E-state index is 14.0. The van der Waals surface area contributed by atoms with Gasteiger partial charge < -0.3 is 10.6 Å². The van der Waals surface area contributed by atoms with E-state index in [1.807, 2.05) is 0 Å². The number of nitrogens with one attached hydrogen (secondary N) is 4. The number of benzene rings is 3. The van der Waals surface area contributed by atoms with Crippen LogP contribution < -0.4 is 20.8 Å². The van der Waals surface area contributed by atoms with Gasteiger partial charge in [0.2, 0.25) is 0 Å². The van der Waals surface area contributed by atoms with Gasteiger partial charge in [0.15, 0.2) is 0 Å². The third kappa shape index (κ3) is 5.08. The second kappa shape index (κ2) is 10.5. The van der Waals surface area contributed by atoms with E-state index < -0.39 is 46.4 Å². The fourth-order valence-corrected chi connectivity index (χ4v) is 5.91. The van der Waals surface area contributed by atoms with Crippen LogP contribution in [-0.2, 0) is 19.6 Å². The molecule has 3 aromatic rings. The molecule has 9 nitrogen and oxygen atoms in total. The number of hydrogen-bond donors (Lipinski definition) is 4. The molecule has 0 radical (unpaired) electrons. The molecule has 3 unspecified atom stereocenters. The maximum Gasteiger partial charge on any atom is 0.277 e. The number of rotatable bonds is 7. The zero-order valence-corrected chi connectivity index (χ0v) is 21.5. The van der Waals surface area contributed by atoms with E-state index in [0.29, 0.717) is 5.56 Å². The van der Waals surface area contributed by atoms with Crippen LogP contribution in [0.2, 0.25) is 0 Å². The minimum Gasteiger partial charge on any atom is -0.366 e. The molecule has 3 atom stereocenters. The molecule has 0 saturated carbocycles. The molecule has 5 rings (SSSR count). The lowest BCUT2D eigenvalue weighted by molar-refractivity contribution is -0.134. The monoisotopic (exact) mass is 553 g/mol. The zero-order valence-electron chi connectivity index (χ0n) is 20.6. The summed E-state index contributed by atoms with van der Waals surface area (Å²) in [4.78, 5) is 26.8. The number of hydrazine groups is 1. The van der Waals surface area contributed by atoms with Gasteiger partial charge in [-0.25, -0.2) is 27.6 Å². The average Bonchev–Trinajstić information content (AvgIpc) is 3.31. The smallest absolute Gasteiger partial charge is 0.277 e. The van der Waals surface area contributed by atoms with Crippen LogP contribution in [0.25, 0.3) is 0 Å². The average molecular weight is 554 g/mol. The van der Waals surface area contributed by atoms with Crippen molar-refractivity contribution in [2.45, 2.75) is 36.4 Å². The van der Waals surface area contributed by atoms with Crippen molar-refractivity contribution in [3.8, 4) is 0 Å². The number of fused-ring (bicyclic) bond motifs is 1. The Hall–Kier alpha value is -4.29. The Bertz CT molecular complexity index is 1530. The fourth-order valence-electron chi connectivity index (χ4n) is 4.81. The summed E-state index contributed by atoms with van der Waals surface area (Å²) in [6, 6.07) is 21.1. The molecule has 1 saturated heterocycles. The molecule has 4 N–H and O–H groups in total. The van der Waals surface area contributed by atoms with Crippen molar-refractivity contribution < 1.29 is 26.8 Å². The van der Waals surface area contributed by atoms with Crippen LogP contribution in [0.5, 0.6) is 0 Å². The highest BCUT2D eigenvalue weighted by molar-refractivity contribution is 7.92. The molecular weight excluding hydrogens is 528 g/mol. The molecule has 1 fully saturated rings. The third-order valence-corrected chi connectivity index (χ3v) is 8.00. The fraction of sp³-hybridized carbons (Fsp3) is 0.185. The lowest BCUT2D eigenvalue weighted by atomic mass is 9.89. The zero-order chi connectivity index (χ0) is 27.7. The van der Waals surface area contributed by atoms with E-state index >= 15 is 0 Å². The van der Waals surface area contributed by atoms with Crippen molar-refractivity contribution in [1.82, 2.24) is 15.8 Å². The lowest BCUT2D eigenvalue weighted by Crippen LogP contribution is -2.56. The second-order valence-corrected chi connectivity index (χ2v) is 10.8. The van der Waals surface area contributed by atoms with Crippen LogP contribution in [0, 0.1) is 0 Å². The Labute approximate surface area is 223 Å². The molecule has 2 aliphatic rings. The van der Waals surface area contributed by atoms with E-state index in [-0.39, 0.29) is 27.5 Å². The van der Waals surface area contributed by atoms with Gasteiger partial charge >= 0.3 is 0 Å². The minimum absolute atomic E-state index is 0.0315. The summed E-state index contributed by atoms with van der Waals surface area (Å²) in [5, 5.41) is 6.66. The Morgan fingerprint density at radius 2 is 1.51 bits per heavy atom. The van der Waals surface area contributed by atoms with Gasteiger partial charge in [0.1, 0.15) is 11.7 Å². The van der Waals surface area contributed by atoms with Crippen LogP contribution >= 0.6 is 0 Å². The predicted molar refractivity (Wildman–Crippen MR) is 141 cm³/mol. The van der Waals surface area contributed by atoms with E-state index in [1.54, 1.807) is 60.7 Å². The molecular formula is C27H25F2N5O4S. The topological polar surface area (TPSA) is 120 Å². The number of amides is 2. The third-order valence-electron chi connectivity index (χ3n) is 6.62. The molecule has 0 spiro atoms. The first-order valence-corrected chi connectivity index (χ1v) is 13.5. The van der Waals surface area contributed by atoms with Crippen molar-refractivity contribution in [2.75, 3.05) is 10.0 Å². The summed E-state index contributed by atoms with van der Waals surface area (Å²) in [7, 11) is -3.96. The molecule has 39 heavy (non-hydrogen) atoms. The number of allylic oxidation sites excluding steroid dienone is 1. The normalized spacial score (nSPS) is 21.0. The highest BCUT2D eigenvalue weighted by atomic mass is 32.2. The summed E-state index contributed by atoms with van der Waals surface area (Å²) in [6.45, 7) is 1.52. The number of hydrogen-bond acceptors (Lipinski definition) is 6. The van der Waals surface area contributed by atoms with Crippen molar-refractivity contribution in [3.05, 3.63) is 102 Å². The van der Waals surface area contributed by atoms with Gasteiger partial charge in [-0.3, -0.25) is 14.3 Å². The van der Waals surface area contributed by atoms with Gasteiger partial charge in [0.05, 0.1) is 22.3 Å². The molecule has 2 amide bonds. The number of nitrogens with zero attached hydrogens (tertiary/aromatic N) is 1. The Morgan fingerprint density at radius 3 is 2.15 bits per heavy atom. The van der Waals surface area contributed by atoms with E-state index in [2.05, 4.69) is 20.8 Å². The first-order valence-electron chi connectivity index (χ1n) is 12.1. The summed E-state index contributed by atoms with van der Waals surface area (Å²) < 4.78 is 56.1. The second-order valence-electron chi connectivity index (χ2n) is 9.11. The van der Waals surface area contributed by atoms with Gasteiger partial charge in [0.25, 0.3) is 28.3 Å². The molecule has 2 aliphatic heterocycles. The Balaban J connectivity index is 1.41.